The van der Waals surface area contributed by atoms with Gasteiger partial charge in [-0.2, -0.15) is 0 Å². The van der Waals surface area contributed by atoms with Crippen LogP contribution in [0.15, 0.2) is 48.5 Å². The van der Waals surface area contributed by atoms with Gasteiger partial charge in [-0.3, -0.25) is 4.79 Å². The molecule has 0 saturated heterocycles. The molecule has 5 nitrogen and oxygen atoms in total. The van der Waals surface area contributed by atoms with Gasteiger partial charge in [-0.1, -0.05) is 63.2 Å². The maximum Gasteiger partial charge on any atom is 0.253 e. The zero-order valence-electron chi connectivity index (χ0n) is 22.4. The number of hydrogen-bond donors (Lipinski definition) is 1. The summed E-state index contributed by atoms with van der Waals surface area (Å²) in [6.07, 6.45) is 4.54. The summed E-state index contributed by atoms with van der Waals surface area (Å²) in [5, 5.41) is 4.48. The summed E-state index contributed by atoms with van der Waals surface area (Å²) in [5.74, 6) is 1.52. The molecule has 5 rings (SSSR count). The van der Waals surface area contributed by atoms with E-state index in [1.807, 2.05) is 30.3 Å². The van der Waals surface area contributed by atoms with E-state index in [0.29, 0.717) is 19.1 Å². The lowest BCUT2D eigenvalue weighted by Gasteiger charge is -2.43. The van der Waals surface area contributed by atoms with Gasteiger partial charge in [0.2, 0.25) is 0 Å². The molecule has 5 heteroatoms. The molecule has 0 aliphatic heterocycles. The minimum absolute atomic E-state index is 0.0386. The molecule has 0 spiro atoms. The largest absolute Gasteiger partial charge is 0.495 e. The Balaban J connectivity index is 1.37. The Labute approximate surface area is 215 Å². The maximum absolute atomic E-state index is 13.9. The van der Waals surface area contributed by atoms with Crippen LogP contribution in [-0.4, -0.2) is 30.2 Å². The lowest BCUT2D eigenvalue weighted by Crippen LogP contribution is -2.52. The number of nitrogens with one attached hydrogen (secondary N) is 1. The second-order valence-corrected chi connectivity index (χ2v) is 11.7. The topological polar surface area (TPSA) is 52.5 Å². The van der Waals surface area contributed by atoms with Crippen molar-refractivity contribution in [2.45, 2.75) is 72.6 Å². The predicted octanol–water partition coefficient (Wildman–Crippen LogP) is 6.51. The molecule has 2 aliphatic carbocycles. The molecule has 192 valence electrons. The fraction of sp³-hybridized carbons (Fsp3) is 0.516. The average molecular weight is 489 g/mol. The number of carbonyl (C=O) groups excluding carboxylic acids is 1. The van der Waals surface area contributed by atoms with Crippen molar-refractivity contribution in [1.82, 2.24) is 9.88 Å². The zero-order chi connectivity index (χ0) is 25.5. The second kappa shape index (κ2) is 9.59. The van der Waals surface area contributed by atoms with Crippen LogP contribution in [0.4, 0.5) is 0 Å². The maximum atomic E-state index is 13.9. The molecule has 2 fully saturated rings. The van der Waals surface area contributed by atoms with Gasteiger partial charge in [-0.05, 0) is 61.0 Å². The molecule has 3 aromatic rings. The van der Waals surface area contributed by atoms with Crippen LogP contribution in [0.3, 0.4) is 0 Å². The van der Waals surface area contributed by atoms with Crippen LogP contribution in [-0.2, 0) is 17.9 Å². The molecular weight excluding hydrogens is 448 g/mol. The van der Waals surface area contributed by atoms with Gasteiger partial charge in [-0.25, -0.2) is 0 Å². The summed E-state index contributed by atoms with van der Waals surface area (Å²) in [6.45, 7) is 11.1. The molecule has 2 aliphatic rings. The highest BCUT2D eigenvalue weighted by Gasteiger charge is 2.59. The number of carbonyl (C=O) groups is 1. The van der Waals surface area contributed by atoms with Gasteiger partial charge < -0.3 is 19.4 Å². The smallest absolute Gasteiger partial charge is 0.253 e. The first-order valence-electron chi connectivity index (χ1n) is 13.3. The number of aryl methyl sites for hydroxylation is 1. The van der Waals surface area contributed by atoms with Crippen LogP contribution in [0.5, 0.6) is 5.75 Å². The van der Waals surface area contributed by atoms with Crippen molar-refractivity contribution in [2.24, 2.45) is 16.7 Å². The summed E-state index contributed by atoms with van der Waals surface area (Å²) in [7, 11) is 1.70. The number of rotatable bonds is 9. The number of amides is 1. The Hall–Kier alpha value is -2.79. The number of fused-ring (bicyclic) bond motifs is 3. The van der Waals surface area contributed by atoms with E-state index in [-0.39, 0.29) is 22.8 Å². The quantitative estimate of drug-likeness (QED) is 0.349. The summed E-state index contributed by atoms with van der Waals surface area (Å²) in [6, 6.07) is 16.4. The van der Waals surface area contributed by atoms with Crippen molar-refractivity contribution >= 4 is 16.8 Å². The van der Waals surface area contributed by atoms with Crippen LogP contribution in [0.2, 0.25) is 0 Å². The van der Waals surface area contributed by atoms with Gasteiger partial charge in [0.25, 0.3) is 5.91 Å². The van der Waals surface area contributed by atoms with Crippen LogP contribution in [0, 0.1) is 23.7 Å². The molecule has 2 aromatic carbocycles. The third-order valence-corrected chi connectivity index (χ3v) is 9.08. The lowest BCUT2D eigenvalue weighted by atomic mass is 9.68. The van der Waals surface area contributed by atoms with E-state index in [0.717, 1.165) is 40.9 Å². The van der Waals surface area contributed by atoms with Gasteiger partial charge in [0.15, 0.2) is 0 Å². The summed E-state index contributed by atoms with van der Waals surface area (Å²) in [4.78, 5) is 13.9. The molecule has 1 aromatic heterocycles. The Morgan fingerprint density at radius 2 is 1.89 bits per heavy atom. The van der Waals surface area contributed by atoms with Crippen molar-refractivity contribution in [3.63, 3.8) is 0 Å². The van der Waals surface area contributed by atoms with Crippen molar-refractivity contribution < 1.29 is 14.3 Å². The standard InChI is InChI=1S/C31H40N2O3/c1-21-26(28(34)32-29-30(2,3)23-15-16-31(29,4)19-23)24-13-9-14-25(35-5)27(24)33(21)17-10-18-36-20-22-11-7-6-8-12-22/h6-9,11-14,23,29H,10,15-20H2,1-5H3,(H,32,34). The van der Waals surface area contributed by atoms with E-state index in [4.69, 9.17) is 9.47 Å². The Bertz CT molecular complexity index is 1240. The number of methoxy groups -OCH3 is 1. The minimum Gasteiger partial charge on any atom is -0.495 e. The third-order valence-electron chi connectivity index (χ3n) is 9.08. The second-order valence-electron chi connectivity index (χ2n) is 11.7. The lowest BCUT2D eigenvalue weighted by molar-refractivity contribution is 0.0738. The van der Waals surface area contributed by atoms with Crippen LogP contribution in [0.1, 0.15) is 68.1 Å². The van der Waals surface area contributed by atoms with E-state index in [2.05, 4.69) is 55.8 Å². The number of para-hydroxylation sites is 1. The van der Waals surface area contributed by atoms with E-state index in [1.165, 1.54) is 24.8 Å². The highest BCUT2D eigenvalue weighted by Crippen LogP contribution is 2.62. The Morgan fingerprint density at radius 3 is 2.58 bits per heavy atom. The number of hydrogen-bond acceptors (Lipinski definition) is 3. The van der Waals surface area contributed by atoms with Crippen molar-refractivity contribution in [2.75, 3.05) is 13.7 Å². The van der Waals surface area contributed by atoms with Gasteiger partial charge in [0.1, 0.15) is 5.75 Å². The average Bonchev–Trinajstić information content (AvgIpc) is 3.46. The molecule has 2 bridgehead atoms. The first-order valence-corrected chi connectivity index (χ1v) is 13.3. The first-order chi connectivity index (χ1) is 17.3. The van der Waals surface area contributed by atoms with Crippen molar-refractivity contribution in [3.8, 4) is 5.75 Å². The van der Waals surface area contributed by atoms with Crippen molar-refractivity contribution in [3.05, 3.63) is 65.4 Å². The van der Waals surface area contributed by atoms with Crippen LogP contribution in [0.25, 0.3) is 10.9 Å². The van der Waals surface area contributed by atoms with E-state index >= 15 is 0 Å². The molecular formula is C31H40N2O3. The molecule has 36 heavy (non-hydrogen) atoms. The minimum atomic E-state index is 0.0386. The zero-order valence-corrected chi connectivity index (χ0v) is 22.4. The van der Waals surface area contributed by atoms with Crippen LogP contribution >= 0.6 is 0 Å². The molecule has 2 saturated carbocycles. The highest BCUT2D eigenvalue weighted by molar-refractivity contribution is 6.09. The molecule has 1 amide bonds. The Kier molecular flexibility index (Phi) is 6.63. The molecule has 0 radical (unpaired) electrons. The number of benzene rings is 2. The molecule has 3 atom stereocenters. The number of nitrogens with zero attached hydrogens (tertiary/aromatic N) is 1. The monoisotopic (exact) mass is 488 g/mol. The molecule has 1 heterocycles. The SMILES string of the molecule is COc1cccc2c(C(=O)NC3C4(C)CCC(C4)C3(C)C)c(C)n(CCCOCc3ccccc3)c12. The van der Waals surface area contributed by atoms with E-state index in [9.17, 15) is 4.79 Å². The fourth-order valence-electron chi connectivity index (χ4n) is 7.19. The van der Waals surface area contributed by atoms with Gasteiger partial charge in [0.05, 0.1) is 24.8 Å². The first kappa shape index (κ1) is 24.9. The van der Waals surface area contributed by atoms with E-state index < -0.39 is 0 Å². The Morgan fingerprint density at radius 1 is 1.11 bits per heavy atom. The third kappa shape index (κ3) is 4.21. The van der Waals surface area contributed by atoms with E-state index in [1.54, 1.807) is 7.11 Å². The summed E-state index contributed by atoms with van der Waals surface area (Å²) < 4.78 is 13.9. The number of ether oxygens (including phenoxy) is 2. The normalized spacial score (nSPS) is 24.4. The summed E-state index contributed by atoms with van der Waals surface area (Å²) >= 11 is 0. The van der Waals surface area contributed by atoms with Gasteiger partial charge in [-0.15, -0.1) is 0 Å². The highest BCUT2D eigenvalue weighted by atomic mass is 16.5. The van der Waals surface area contributed by atoms with Crippen LogP contribution < -0.4 is 10.1 Å². The summed E-state index contributed by atoms with van der Waals surface area (Å²) in [5.41, 5.74) is 4.23. The van der Waals surface area contributed by atoms with Gasteiger partial charge in [0, 0.05) is 30.3 Å². The predicted molar refractivity (Wildman–Crippen MR) is 144 cm³/mol. The fourth-order valence-corrected chi connectivity index (χ4v) is 7.19. The van der Waals surface area contributed by atoms with Crippen molar-refractivity contribution in [1.29, 1.82) is 0 Å². The molecule has 3 unspecified atom stereocenters. The molecule has 1 N–H and O–H groups in total. The van der Waals surface area contributed by atoms with Gasteiger partial charge >= 0.3 is 0 Å². The number of aromatic nitrogens is 1.